The van der Waals surface area contributed by atoms with Gasteiger partial charge in [-0.25, -0.2) is 4.98 Å². The summed E-state index contributed by atoms with van der Waals surface area (Å²) in [6.45, 7) is 0. The molecular formula is C9H10N6O2S. The number of H-pyrrole nitrogens is 1. The summed E-state index contributed by atoms with van der Waals surface area (Å²) in [6.07, 6.45) is 1.42. The molecular weight excluding hydrogens is 256 g/mol. The van der Waals surface area contributed by atoms with Gasteiger partial charge in [0, 0.05) is 11.8 Å². The average molecular weight is 266 g/mol. The quantitative estimate of drug-likeness (QED) is 0.322. The smallest absolute Gasteiger partial charge is 0.293 e. The monoisotopic (exact) mass is 266 g/mol. The van der Waals surface area contributed by atoms with Crippen molar-refractivity contribution >= 4 is 23.1 Å². The van der Waals surface area contributed by atoms with Gasteiger partial charge in [-0.2, -0.15) is 5.10 Å². The van der Waals surface area contributed by atoms with E-state index in [0.717, 1.165) is 5.56 Å². The lowest BCUT2D eigenvalue weighted by Crippen LogP contribution is -2.09. The van der Waals surface area contributed by atoms with Crippen molar-refractivity contribution in [1.29, 1.82) is 0 Å². The van der Waals surface area contributed by atoms with Crippen molar-refractivity contribution in [2.45, 2.75) is 10.9 Å². The summed E-state index contributed by atoms with van der Waals surface area (Å²) in [7, 11) is 0. The molecule has 8 nitrogen and oxygen atoms in total. The summed E-state index contributed by atoms with van der Waals surface area (Å²) >= 11 is 1.45. The summed E-state index contributed by atoms with van der Waals surface area (Å²) in [6, 6.07) is 4.75. The number of hydrazine groups is 1. The van der Waals surface area contributed by atoms with Gasteiger partial charge >= 0.3 is 0 Å². The van der Waals surface area contributed by atoms with E-state index < -0.39 is 4.92 Å². The van der Waals surface area contributed by atoms with Crippen LogP contribution >= 0.6 is 11.8 Å². The Morgan fingerprint density at radius 2 is 2.39 bits per heavy atom. The molecule has 1 heterocycles. The highest BCUT2D eigenvalue weighted by atomic mass is 32.2. The summed E-state index contributed by atoms with van der Waals surface area (Å²) in [5.41, 5.74) is 3.46. The van der Waals surface area contributed by atoms with Crippen LogP contribution in [0.3, 0.4) is 0 Å². The van der Waals surface area contributed by atoms with Crippen molar-refractivity contribution in [2.75, 3.05) is 5.43 Å². The first-order valence-electron chi connectivity index (χ1n) is 4.93. The SMILES string of the molecule is NNc1cc(CSc2ncn[nH]2)ccc1[N+](=O)[O-]. The molecule has 0 saturated carbocycles. The van der Waals surface area contributed by atoms with Crippen molar-refractivity contribution in [3.8, 4) is 0 Å². The van der Waals surface area contributed by atoms with Crippen LogP contribution in [0.1, 0.15) is 5.56 Å². The molecule has 9 heteroatoms. The second-order valence-electron chi connectivity index (χ2n) is 3.33. The van der Waals surface area contributed by atoms with Gasteiger partial charge in [0.1, 0.15) is 12.0 Å². The molecule has 0 bridgehead atoms. The zero-order valence-electron chi connectivity index (χ0n) is 9.16. The van der Waals surface area contributed by atoms with E-state index in [2.05, 4.69) is 20.6 Å². The minimum absolute atomic E-state index is 0.0501. The van der Waals surface area contributed by atoms with E-state index in [0.29, 0.717) is 10.9 Å². The van der Waals surface area contributed by atoms with Crippen molar-refractivity contribution < 1.29 is 4.92 Å². The van der Waals surface area contributed by atoms with Crippen molar-refractivity contribution in [3.63, 3.8) is 0 Å². The highest BCUT2D eigenvalue weighted by Crippen LogP contribution is 2.27. The largest absolute Gasteiger partial charge is 0.318 e. The number of benzene rings is 1. The van der Waals surface area contributed by atoms with Crippen LogP contribution in [0.2, 0.25) is 0 Å². The third kappa shape index (κ3) is 2.76. The highest BCUT2D eigenvalue weighted by Gasteiger charge is 2.13. The Morgan fingerprint density at radius 3 is 3.00 bits per heavy atom. The average Bonchev–Trinajstić information content (AvgIpc) is 2.88. The Bertz CT molecular complexity index is 544. The van der Waals surface area contributed by atoms with E-state index in [1.54, 1.807) is 12.1 Å². The number of nitro groups is 1. The van der Waals surface area contributed by atoms with E-state index in [9.17, 15) is 10.1 Å². The van der Waals surface area contributed by atoms with Crippen LogP contribution in [0.15, 0.2) is 29.7 Å². The maximum Gasteiger partial charge on any atom is 0.293 e. The molecule has 1 aromatic heterocycles. The molecule has 2 rings (SSSR count). The van der Waals surface area contributed by atoms with Crippen molar-refractivity contribution in [2.24, 2.45) is 5.84 Å². The normalized spacial score (nSPS) is 10.3. The number of aromatic amines is 1. The van der Waals surface area contributed by atoms with Crippen molar-refractivity contribution in [1.82, 2.24) is 15.2 Å². The van der Waals surface area contributed by atoms with Crippen LogP contribution in [0.5, 0.6) is 0 Å². The zero-order chi connectivity index (χ0) is 13.0. The summed E-state index contributed by atoms with van der Waals surface area (Å²) in [4.78, 5) is 14.2. The zero-order valence-corrected chi connectivity index (χ0v) is 9.98. The molecule has 0 radical (unpaired) electrons. The van der Waals surface area contributed by atoms with Gasteiger partial charge < -0.3 is 5.43 Å². The Morgan fingerprint density at radius 1 is 1.56 bits per heavy atom. The van der Waals surface area contributed by atoms with Gasteiger partial charge in [0.2, 0.25) is 0 Å². The molecule has 4 N–H and O–H groups in total. The second-order valence-corrected chi connectivity index (χ2v) is 4.30. The van der Waals surface area contributed by atoms with Gasteiger partial charge in [-0.1, -0.05) is 17.8 Å². The van der Waals surface area contributed by atoms with Gasteiger partial charge in [0.25, 0.3) is 5.69 Å². The molecule has 18 heavy (non-hydrogen) atoms. The Kier molecular flexibility index (Phi) is 3.75. The highest BCUT2D eigenvalue weighted by molar-refractivity contribution is 7.98. The second kappa shape index (κ2) is 5.47. The van der Waals surface area contributed by atoms with Crippen LogP contribution in [0.25, 0.3) is 0 Å². The van der Waals surface area contributed by atoms with Crippen molar-refractivity contribution in [3.05, 3.63) is 40.2 Å². The molecule has 0 aliphatic heterocycles. The fraction of sp³-hybridized carbons (Fsp3) is 0.111. The van der Waals surface area contributed by atoms with Crippen LogP contribution in [0, 0.1) is 10.1 Å². The number of hydrogen-bond acceptors (Lipinski definition) is 7. The fourth-order valence-electron chi connectivity index (χ4n) is 1.36. The molecule has 0 spiro atoms. The summed E-state index contributed by atoms with van der Waals surface area (Å²) < 4.78 is 0. The molecule has 0 fully saturated rings. The first-order chi connectivity index (χ1) is 8.70. The van der Waals surface area contributed by atoms with E-state index in [4.69, 9.17) is 5.84 Å². The predicted octanol–water partition coefficient (Wildman–Crippen LogP) is 1.29. The maximum atomic E-state index is 10.7. The number of nitrogens with two attached hydrogens (primary N) is 1. The number of thioether (sulfide) groups is 1. The molecule has 0 aliphatic carbocycles. The Balaban J connectivity index is 2.12. The third-order valence-electron chi connectivity index (χ3n) is 2.18. The van der Waals surface area contributed by atoms with E-state index in [1.807, 2.05) is 0 Å². The number of nitrogen functional groups attached to an aromatic ring is 1. The van der Waals surface area contributed by atoms with E-state index >= 15 is 0 Å². The van der Waals surface area contributed by atoms with Gasteiger partial charge in [-0.05, 0) is 11.6 Å². The molecule has 0 saturated heterocycles. The first-order valence-corrected chi connectivity index (χ1v) is 5.91. The van der Waals surface area contributed by atoms with Crippen LogP contribution < -0.4 is 11.3 Å². The number of aromatic nitrogens is 3. The number of rotatable bonds is 5. The summed E-state index contributed by atoms with van der Waals surface area (Å²) in [5.74, 6) is 5.87. The Labute approximate surface area is 106 Å². The minimum Gasteiger partial charge on any atom is -0.318 e. The molecule has 0 amide bonds. The molecule has 2 aromatic rings. The topological polar surface area (TPSA) is 123 Å². The minimum atomic E-state index is -0.484. The van der Waals surface area contributed by atoms with Gasteiger partial charge in [-0.15, -0.1) is 0 Å². The molecule has 1 aromatic carbocycles. The summed E-state index contributed by atoms with van der Waals surface area (Å²) in [5, 5.41) is 17.9. The lowest BCUT2D eigenvalue weighted by Gasteiger charge is -2.04. The van der Waals surface area contributed by atoms with E-state index in [1.165, 1.54) is 24.2 Å². The van der Waals surface area contributed by atoms with Crippen LogP contribution in [0.4, 0.5) is 11.4 Å². The van der Waals surface area contributed by atoms with Crippen LogP contribution in [-0.4, -0.2) is 20.1 Å². The lowest BCUT2D eigenvalue weighted by molar-refractivity contribution is -0.384. The third-order valence-corrected chi connectivity index (χ3v) is 3.13. The molecule has 0 aliphatic rings. The standard InChI is InChI=1S/C9H10N6O2S/c10-13-7-3-6(1-2-8(7)15(16)17)4-18-9-11-5-12-14-9/h1-3,5,13H,4,10H2,(H,11,12,14). The first kappa shape index (κ1) is 12.3. The van der Waals surface area contributed by atoms with Crippen LogP contribution in [-0.2, 0) is 5.75 Å². The molecule has 0 unspecified atom stereocenters. The molecule has 94 valence electrons. The Hall–Kier alpha value is -2.13. The number of hydrogen-bond donors (Lipinski definition) is 3. The number of nitrogens with zero attached hydrogens (tertiary/aromatic N) is 3. The van der Waals surface area contributed by atoms with E-state index in [-0.39, 0.29) is 11.4 Å². The predicted molar refractivity (Wildman–Crippen MR) is 66.9 cm³/mol. The maximum absolute atomic E-state index is 10.7. The van der Waals surface area contributed by atoms with Gasteiger partial charge in [-0.3, -0.25) is 21.1 Å². The van der Waals surface area contributed by atoms with Gasteiger partial charge in [0.15, 0.2) is 5.16 Å². The fourth-order valence-corrected chi connectivity index (χ4v) is 2.09. The number of anilines is 1. The van der Waals surface area contributed by atoms with Gasteiger partial charge in [0.05, 0.1) is 4.92 Å². The number of nitro benzene ring substituents is 1. The molecule has 0 atom stereocenters. The lowest BCUT2D eigenvalue weighted by atomic mass is 10.2. The number of nitrogens with one attached hydrogen (secondary N) is 2.